The summed E-state index contributed by atoms with van der Waals surface area (Å²) in [7, 11) is 3.26. The molecule has 28 heavy (non-hydrogen) atoms. The first kappa shape index (κ1) is 19.3. The van der Waals surface area contributed by atoms with Crippen LogP contribution in [0.25, 0.3) is 0 Å². The van der Waals surface area contributed by atoms with Gasteiger partial charge in [-0.2, -0.15) is 0 Å². The summed E-state index contributed by atoms with van der Waals surface area (Å²) in [5.74, 6) is 2.70. The Bertz CT molecular complexity index is 901. The summed E-state index contributed by atoms with van der Waals surface area (Å²) >= 11 is 0. The van der Waals surface area contributed by atoms with Crippen molar-refractivity contribution in [3.63, 3.8) is 0 Å². The summed E-state index contributed by atoms with van der Waals surface area (Å²) in [6.45, 7) is 0.745. The van der Waals surface area contributed by atoms with E-state index in [0.717, 1.165) is 28.9 Å². The van der Waals surface area contributed by atoms with Crippen molar-refractivity contribution in [3.8, 4) is 23.0 Å². The molecule has 0 amide bonds. The summed E-state index contributed by atoms with van der Waals surface area (Å²) in [5.41, 5.74) is 2.47. The summed E-state index contributed by atoms with van der Waals surface area (Å²) in [5, 5.41) is 0. The van der Waals surface area contributed by atoms with Crippen LogP contribution in [0.3, 0.4) is 0 Å². The smallest absolute Gasteiger partial charge is 0.153 e. The highest BCUT2D eigenvalue weighted by molar-refractivity contribution is 5.79. The van der Waals surface area contributed by atoms with E-state index >= 15 is 0 Å². The molecule has 3 aromatic rings. The second-order valence-electron chi connectivity index (χ2n) is 6.09. The molecule has 5 nitrogen and oxygen atoms in total. The van der Waals surface area contributed by atoms with Gasteiger partial charge in [0, 0.05) is 6.07 Å². The molecule has 0 atom stereocenters. The molecule has 144 valence electrons. The van der Waals surface area contributed by atoms with Crippen molar-refractivity contribution in [1.82, 2.24) is 0 Å². The largest absolute Gasteiger partial charge is 0.497 e. The molecular weight excluding hydrogens is 356 g/mol. The van der Waals surface area contributed by atoms with Crippen LogP contribution in [0.5, 0.6) is 23.0 Å². The van der Waals surface area contributed by atoms with Crippen LogP contribution in [0, 0.1) is 0 Å². The first-order valence-corrected chi connectivity index (χ1v) is 8.82. The van der Waals surface area contributed by atoms with Gasteiger partial charge in [-0.05, 0) is 47.5 Å². The average molecular weight is 378 g/mol. The average Bonchev–Trinajstić information content (AvgIpc) is 2.77. The molecule has 0 N–H and O–H groups in total. The number of methoxy groups -OCH3 is 2. The van der Waals surface area contributed by atoms with Crippen LogP contribution in [0.1, 0.15) is 21.5 Å². The van der Waals surface area contributed by atoms with Crippen LogP contribution >= 0.6 is 0 Å². The molecule has 3 aromatic carbocycles. The van der Waals surface area contributed by atoms with E-state index in [1.165, 1.54) is 0 Å². The summed E-state index contributed by atoms with van der Waals surface area (Å²) in [4.78, 5) is 11.3. The zero-order valence-corrected chi connectivity index (χ0v) is 15.9. The van der Waals surface area contributed by atoms with Crippen LogP contribution < -0.4 is 18.9 Å². The topological polar surface area (TPSA) is 54.0 Å². The molecule has 0 aliphatic heterocycles. The molecule has 3 rings (SSSR count). The molecule has 5 heteroatoms. The number of hydrogen-bond acceptors (Lipinski definition) is 5. The fraction of sp³-hybridized carbons (Fsp3) is 0.174. The van der Waals surface area contributed by atoms with Gasteiger partial charge in [0.1, 0.15) is 36.2 Å². The van der Waals surface area contributed by atoms with Crippen molar-refractivity contribution in [2.75, 3.05) is 14.2 Å². The fourth-order valence-electron chi connectivity index (χ4n) is 2.60. The number of benzene rings is 3. The van der Waals surface area contributed by atoms with E-state index in [4.69, 9.17) is 18.9 Å². The van der Waals surface area contributed by atoms with Crippen LogP contribution in [0.15, 0.2) is 66.7 Å². The minimum Gasteiger partial charge on any atom is -0.497 e. The molecule has 0 unspecified atom stereocenters. The van der Waals surface area contributed by atoms with Gasteiger partial charge in [0.25, 0.3) is 0 Å². The van der Waals surface area contributed by atoms with Gasteiger partial charge in [-0.15, -0.1) is 0 Å². The van der Waals surface area contributed by atoms with Crippen LogP contribution in [0.2, 0.25) is 0 Å². The Morgan fingerprint density at radius 3 is 1.68 bits per heavy atom. The van der Waals surface area contributed by atoms with E-state index in [2.05, 4.69) is 0 Å². The van der Waals surface area contributed by atoms with Crippen molar-refractivity contribution in [2.45, 2.75) is 13.2 Å². The Labute approximate surface area is 164 Å². The Hall–Kier alpha value is -3.47. The highest BCUT2D eigenvalue weighted by Gasteiger charge is 2.07. The highest BCUT2D eigenvalue weighted by Crippen LogP contribution is 2.26. The predicted molar refractivity (Wildman–Crippen MR) is 106 cm³/mol. The molecule has 0 spiro atoms. The van der Waals surface area contributed by atoms with E-state index < -0.39 is 0 Å². The van der Waals surface area contributed by atoms with E-state index in [9.17, 15) is 4.79 Å². The molecule has 0 aromatic heterocycles. The quantitative estimate of drug-likeness (QED) is 0.506. The molecule has 0 saturated carbocycles. The number of ether oxygens (including phenoxy) is 4. The molecule has 0 fully saturated rings. The Kier molecular flexibility index (Phi) is 6.52. The number of carbonyl (C=O) groups is 1. The summed E-state index contributed by atoms with van der Waals surface area (Å²) in [6, 6.07) is 20.4. The zero-order chi connectivity index (χ0) is 19.8. The van der Waals surface area contributed by atoms with Gasteiger partial charge in [-0.25, -0.2) is 0 Å². The van der Waals surface area contributed by atoms with Crippen LogP contribution in [-0.4, -0.2) is 20.5 Å². The fourth-order valence-corrected chi connectivity index (χ4v) is 2.60. The molecule has 0 heterocycles. The molecule has 0 bridgehead atoms. The first-order valence-electron chi connectivity index (χ1n) is 8.82. The maximum Gasteiger partial charge on any atom is 0.153 e. The third-order valence-electron chi connectivity index (χ3n) is 4.23. The maximum atomic E-state index is 11.3. The zero-order valence-electron chi connectivity index (χ0n) is 15.9. The molecule has 0 radical (unpaired) electrons. The van der Waals surface area contributed by atoms with E-state index in [-0.39, 0.29) is 0 Å². The Morgan fingerprint density at radius 2 is 1.18 bits per heavy atom. The molecular formula is C23H22O5. The van der Waals surface area contributed by atoms with E-state index in [0.29, 0.717) is 30.3 Å². The lowest BCUT2D eigenvalue weighted by atomic mass is 10.2. The summed E-state index contributed by atoms with van der Waals surface area (Å²) < 4.78 is 22.0. The third kappa shape index (κ3) is 5.04. The lowest BCUT2D eigenvalue weighted by Crippen LogP contribution is -2.00. The Balaban J connectivity index is 1.65. The monoisotopic (exact) mass is 378 g/mol. The van der Waals surface area contributed by atoms with E-state index in [1.807, 2.05) is 48.5 Å². The van der Waals surface area contributed by atoms with Gasteiger partial charge in [0.15, 0.2) is 6.29 Å². The molecule has 0 saturated heterocycles. The number of carbonyl (C=O) groups excluding carboxylic acids is 1. The second kappa shape index (κ2) is 9.46. The van der Waals surface area contributed by atoms with Crippen LogP contribution in [0.4, 0.5) is 0 Å². The standard InChI is InChI=1S/C23H22O5/c1-25-20-8-3-17(4-9-20)15-27-22-12-7-19(14-24)23(13-22)28-16-18-5-10-21(26-2)11-6-18/h3-14H,15-16H2,1-2H3. The van der Waals surface area contributed by atoms with Gasteiger partial charge in [-0.3, -0.25) is 4.79 Å². The van der Waals surface area contributed by atoms with Crippen molar-refractivity contribution in [3.05, 3.63) is 83.4 Å². The number of hydrogen-bond donors (Lipinski definition) is 0. The third-order valence-corrected chi connectivity index (χ3v) is 4.23. The number of rotatable bonds is 9. The lowest BCUT2D eigenvalue weighted by molar-refractivity contribution is 0.111. The van der Waals surface area contributed by atoms with Gasteiger partial charge >= 0.3 is 0 Å². The van der Waals surface area contributed by atoms with Crippen molar-refractivity contribution in [2.24, 2.45) is 0 Å². The summed E-state index contributed by atoms with van der Waals surface area (Å²) in [6.07, 6.45) is 0.774. The van der Waals surface area contributed by atoms with Crippen molar-refractivity contribution in [1.29, 1.82) is 0 Å². The highest BCUT2D eigenvalue weighted by atomic mass is 16.5. The van der Waals surface area contributed by atoms with Gasteiger partial charge in [0.2, 0.25) is 0 Å². The Morgan fingerprint density at radius 1 is 0.679 bits per heavy atom. The minimum atomic E-state index is 0.340. The van der Waals surface area contributed by atoms with Crippen LogP contribution in [-0.2, 0) is 13.2 Å². The lowest BCUT2D eigenvalue weighted by Gasteiger charge is -2.12. The predicted octanol–water partition coefficient (Wildman–Crippen LogP) is 4.67. The minimum absolute atomic E-state index is 0.340. The van der Waals surface area contributed by atoms with Crippen molar-refractivity contribution >= 4 is 6.29 Å². The SMILES string of the molecule is COc1ccc(COc2ccc(C=O)c(OCc3ccc(OC)cc3)c2)cc1. The van der Waals surface area contributed by atoms with E-state index in [1.54, 1.807) is 32.4 Å². The van der Waals surface area contributed by atoms with Crippen molar-refractivity contribution < 1.29 is 23.7 Å². The maximum absolute atomic E-state index is 11.3. The van der Waals surface area contributed by atoms with Gasteiger partial charge < -0.3 is 18.9 Å². The molecule has 0 aliphatic rings. The first-order chi connectivity index (χ1) is 13.7. The van der Waals surface area contributed by atoms with Gasteiger partial charge in [-0.1, -0.05) is 24.3 Å². The molecule has 0 aliphatic carbocycles. The second-order valence-corrected chi connectivity index (χ2v) is 6.09. The number of aldehydes is 1. The normalized spacial score (nSPS) is 10.2. The van der Waals surface area contributed by atoms with Gasteiger partial charge in [0.05, 0.1) is 19.8 Å².